The molecule has 1 heterocycles. The smallest absolute Gasteiger partial charge is 0.337 e. The molecule has 0 aliphatic rings. The summed E-state index contributed by atoms with van der Waals surface area (Å²) in [5, 5.41) is 4.10. The largest absolute Gasteiger partial charge is 0.416 e. The van der Waals surface area contributed by atoms with Gasteiger partial charge < -0.3 is 4.90 Å². The van der Waals surface area contributed by atoms with Crippen LogP contribution >= 0.6 is 0 Å². The van der Waals surface area contributed by atoms with Crippen LogP contribution in [0.4, 0.5) is 13.2 Å². The highest BCUT2D eigenvalue weighted by Gasteiger charge is 2.31. The summed E-state index contributed by atoms with van der Waals surface area (Å²) in [4.78, 5) is 13.6. The first-order chi connectivity index (χ1) is 10.3. The second-order valence-electron chi connectivity index (χ2n) is 4.94. The van der Waals surface area contributed by atoms with Gasteiger partial charge >= 0.3 is 6.18 Å². The number of hydrogen-bond acceptors (Lipinski definition) is 2. The third-order valence-corrected chi connectivity index (χ3v) is 3.21. The van der Waals surface area contributed by atoms with Crippen molar-refractivity contribution in [2.75, 3.05) is 7.05 Å². The number of benzene rings is 1. The van der Waals surface area contributed by atoms with E-state index in [0.717, 1.165) is 17.7 Å². The van der Waals surface area contributed by atoms with E-state index in [4.69, 9.17) is 0 Å². The topological polar surface area (TPSA) is 38.1 Å². The van der Waals surface area contributed by atoms with Gasteiger partial charge in [-0.25, -0.2) is 0 Å². The minimum atomic E-state index is -4.46. The van der Waals surface area contributed by atoms with E-state index < -0.39 is 17.6 Å². The molecule has 1 amide bonds. The molecule has 1 aromatic heterocycles. The van der Waals surface area contributed by atoms with Crippen molar-refractivity contribution in [2.24, 2.45) is 0 Å². The number of halogens is 3. The maximum atomic E-state index is 12.7. The molecule has 4 nitrogen and oxygen atoms in total. The van der Waals surface area contributed by atoms with Crippen molar-refractivity contribution >= 4 is 5.91 Å². The molecule has 0 radical (unpaired) electrons. The van der Waals surface area contributed by atoms with Crippen LogP contribution in [-0.2, 0) is 19.3 Å². The van der Waals surface area contributed by atoms with E-state index in [-0.39, 0.29) is 12.1 Å². The second-order valence-corrected chi connectivity index (χ2v) is 4.94. The van der Waals surface area contributed by atoms with E-state index in [9.17, 15) is 18.0 Å². The Bertz CT molecular complexity index is 664. The Labute approximate surface area is 126 Å². The van der Waals surface area contributed by atoms with Gasteiger partial charge in [0.1, 0.15) is 0 Å². The Hall–Kier alpha value is -2.31. The second kappa shape index (κ2) is 6.21. The highest BCUT2D eigenvalue weighted by Crippen LogP contribution is 2.29. The number of hydrogen-bond donors (Lipinski definition) is 0. The van der Waals surface area contributed by atoms with Crippen LogP contribution in [0.15, 0.2) is 36.7 Å². The Kier molecular flexibility index (Phi) is 4.54. The zero-order valence-electron chi connectivity index (χ0n) is 12.3. The van der Waals surface area contributed by atoms with Gasteiger partial charge in [0.15, 0.2) is 0 Å². The summed E-state index contributed by atoms with van der Waals surface area (Å²) in [5.74, 6) is -0.463. The molecule has 0 spiro atoms. The SMILES string of the molecule is CCn1cc(CN(C)C(=O)c2cccc(C(F)(F)F)c2)cn1. The zero-order valence-corrected chi connectivity index (χ0v) is 12.3. The summed E-state index contributed by atoms with van der Waals surface area (Å²) < 4.78 is 39.8. The highest BCUT2D eigenvalue weighted by atomic mass is 19.4. The minimum absolute atomic E-state index is 0.0141. The number of rotatable bonds is 4. The molecule has 2 aromatic rings. The predicted octanol–water partition coefficient (Wildman–Crippen LogP) is 3.19. The lowest BCUT2D eigenvalue weighted by Gasteiger charge is -2.17. The summed E-state index contributed by atoms with van der Waals surface area (Å²) in [5.41, 5.74) is 0.00966. The molecule has 0 atom stereocenters. The van der Waals surface area contributed by atoms with Crippen LogP contribution in [0.25, 0.3) is 0 Å². The first-order valence-corrected chi connectivity index (χ1v) is 6.75. The Morgan fingerprint density at radius 2 is 2.09 bits per heavy atom. The Morgan fingerprint density at radius 3 is 2.68 bits per heavy atom. The number of carbonyl (C=O) groups excluding carboxylic acids is 1. The van der Waals surface area contributed by atoms with Gasteiger partial charge in [0.25, 0.3) is 5.91 Å². The maximum absolute atomic E-state index is 12.7. The highest BCUT2D eigenvalue weighted by molar-refractivity contribution is 5.94. The molecule has 1 aromatic carbocycles. The fourth-order valence-electron chi connectivity index (χ4n) is 2.06. The summed E-state index contributed by atoms with van der Waals surface area (Å²) in [6.07, 6.45) is -1.02. The number of aromatic nitrogens is 2. The minimum Gasteiger partial charge on any atom is -0.337 e. The normalized spacial score (nSPS) is 11.5. The number of carbonyl (C=O) groups is 1. The third kappa shape index (κ3) is 3.66. The molecule has 0 saturated carbocycles. The average molecular weight is 311 g/mol. The van der Waals surface area contributed by atoms with Crippen molar-refractivity contribution in [3.63, 3.8) is 0 Å². The number of alkyl halides is 3. The first kappa shape index (κ1) is 16.1. The van der Waals surface area contributed by atoms with E-state index in [1.807, 2.05) is 6.92 Å². The molecule has 118 valence electrons. The molecule has 0 fully saturated rings. The predicted molar refractivity (Wildman–Crippen MR) is 75.1 cm³/mol. The van der Waals surface area contributed by atoms with E-state index in [2.05, 4.69) is 5.10 Å². The van der Waals surface area contributed by atoms with Crippen molar-refractivity contribution in [1.29, 1.82) is 0 Å². The van der Waals surface area contributed by atoms with Crippen LogP contribution in [0.5, 0.6) is 0 Å². The van der Waals surface area contributed by atoms with Gasteiger partial charge in [-0.2, -0.15) is 18.3 Å². The van der Waals surface area contributed by atoms with Gasteiger partial charge in [0, 0.05) is 37.5 Å². The van der Waals surface area contributed by atoms with Crippen molar-refractivity contribution in [3.8, 4) is 0 Å². The zero-order chi connectivity index (χ0) is 16.3. The summed E-state index contributed by atoms with van der Waals surface area (Å²) >= 11 is 0. The maximum Gasteiger partial charge on any atom is 0.416 e. The average Bonchev–Trinajstić information content (AvgIpc) is 2.93. The van der Waals surface area contributed by atoms with Crippen molar-refractivity contribution in [2.45, 2.75) is 26.2 Å². The Morgan fingerprint density at radius 1 is 1.36 bits per heavy atom. The summed E-state index contributed by atoms with van der Waals surface area (Å²) in [7, 11) is 1.55. The number of nitrogens with zero attached hydrogens (tertiary/aromatic N) is 3. The number of aryl methyl sites for hydroxylation is 1. The molecule has 0 saturated heterocycles. The molecule has 22 heavy (non-hydrogen) atoms. The standard InChI is InChI=1S/C15H16F3N3O/c1-3-21-10-11(8-19-21)9-20(2)14(22)12-5-4-6-13(7-12)15(16,17)18/h4-8,10H,3,9H2,1-2H3. The van der Waals surface area contributed by atoms with Crippen LogP contribution < -0.4 is 0 Å². The van der Waals surface area contributed by atoms with E-state index in [1.165, 1.54) is 17.0 Å². The van der Waals surface area contributed by atoms with Gasteiger partial charge in [-0.15, -0.1) is 0 Å². The van der Waals surface area contributed by atoms with Crippen LogP contribution in [0, 0.1) is 0 Å². The molecule has 0 unspecified atom stereocenters. The van der Waals surface area contributed by atoms with Gasteiger partial charge in [0.05, 0.1) is 11.8 Å². The monoisotopic (exact) mass is 311 g/mol. The fourth-order valence-corrected chi connectivity index (χ4v) is 2.06. The van der Waals surface area contributed by atoms with Crippen molar-refractivity contribution in [3.05, 3.63) is 53.3 Å². The quantitative estimate of drug-likeness (QED) is 0.869. The summed E-state index contributed by atoms with van der Waals surface area (Å²) in [6.45, 7) is 2.94. The first-order valence-electron chi connectivity index (χ1n) is 6.75. The molecule has 0 N–H and O–H groups in total. The lowest BCUT2D eigenvalue weighted by Crippen LogP contribution is -2.26. The van der Waals surface area contributed by atoms with E-state index >= 15 is 0 Å². The molecule has 0 bridgehead atoms. The van der Waals surface area contributed by atoms with Gasteiger partial charge in [-0.3, -0.25) is 9.48 Å². The van der Waals surface area contributed by atoms with Crippen LogP contribution in [-0.4, -0.2) is 27.6 Å². The molecule has 7 heteroatoms. The molecule has 0 aliphatic heterocycles. The van der Waals surface area contributed by atoms with Gasteiger partial charge in [-0.05, 0) is 25.1 Å². The van der Waals surface area contributed by atoms with Crippen LogP contribution in [0.1, 0.15) is 28.4 Å². The lowest BCUT2D eigenvalue weighted by molar-refractivity contribution is -0.137. The molecular formula is C15H16F3N3O. The van der Waals surface area contributed by atoms with E-state index in [0.29, 0.717) is 6.54 Å². The van der Waals surface area contributed by atoms with Crippen LogP contribution in [0.2, 0.25) is 0 Å². The number of amides is 1. The van der Waals surface area contributed by atoms with Gasteiger partial charge in [0.2, 0.25) is 0 Å². The van der Waals surface area contributed by atoms with Crippen molar-refractivity contribution < 1.29 is 18.0 Å². The molecule has 2 rings (SSSR count). The van der Waals surface area contributed by atoms with E-state index in [1.54, 1.807) is 24.1 Å². The van der Waals surface area contributed by atoms with Crippen molar-refractivity contribution in [1.82, 2.24) is 14.7 Å². The third-order valence-electron chi connectivity index (χ3n) is 3.21. The summed E-state index contributed by atoms with van der Waals surface area (Å²) in [6, 6.07) is 4.43. The fraction of sp³-hybridized carbons (Fsp3) is 0.333. The Balaban J connectivity index is 2.13. The molecule has 0 aliphatic carbocycles. The molecular weight excluding hydrogens is 295 g/mol. The van der Waals surface area contributed by atoms with Crippen LogP contribution in [0.3, 0.4) is 0 Å². The van der Waals surface area contributed by atoms with Gasteiger partial charge in [-0.1, -0.05) is 6.07 Å². The lowest BCUT2D eigenvalue weighted by atomic mass is 10.1.